The van der Waals surface area contributed by atoms with Crippen molar-refractivity contribution in [3.8, 4) is 0 Å². The molecule has 0 aromatic heterocycles. The van der Waals surface area contributed by atoms with Crippen LogP contribution in [0.1, 0.15) is 56.6 Å². The predicted molar refractivity (Wildman–Crippen MR) is 126 cm³/mol. The summed E-state index contributed by atoms with van der Waals surface area (Å²) in [4.78, 5) is 28.7. The molecule has 0 bridgehead atoms. The zero-order valence-electron chi connectivity index (χ0n) is 19.1. The summed E-state index contributed by atoms with van der Waals surface area (Å²) in [6.07, 6.45) is 5.12. The number of fused-ring (bicyclic) bond motifs is 3. The Kier molecular flexibility index (Phi) is 6.52. The lowest BCUT2D eigenvalue weighted by Gasteiger charge is -2.39. The Bertz CT molecular complexity index is 1080. The van der Waals surface area contributed by atoms with Gasteiger partial charge >= 0.3 is 6.09 Å². The molecule has 1 aromatic carbocycles. The summed E-state index contributed by atoms with van der Waals surface area (Å²) >= 11 is 6.13. The van der Waals surface area contributed by atoms with Crippen LogP contribution in [-0.2, 0) is 19.6 Å². The highest BCUT2D eigenvalue weighted by molar-refractivity contribution is 7.89. The van der Waals surface area contributed by atoms with E-state index in [9.17, 15) is 18.0 Å². The van der Waals surface area contributed by atoms with Gasteiger partial charge in [-0.1, -0.05) is 11.6 Å². The average Bonchev–Trinajstić information content (AvgIpc) is 3.40. The number of carbonyl (C=O) groups excluding carboxylic acids is 2. The Hall–Kier alpha value is -1.88. The maximum Gasteiger partial charge on any atom is 0.409 e. The minimum absolute atomic E-state index is 0.0338. The van der Waals surface area contributed by atoms with E-state index in [1.54, 1.807) is 23.1 Å². The summed E-state index contributed by atoms with van der Waals surface area (Å²) in [6, 6.07) is 4.29. The van der Waals surface area contributed by atoms with Gasteiger partial charge in [0.05, 0.1) is 23.0 Å². The van der Waals surface area contributed by atoms with Crippen LogP contribution in [0.3, 0.4) is 0 Å². The number of amides is 2. The fourth-order valence-corrected chi connectivity index (χ4v) is 8.42. The molecule has 186 valence electrons. The zero-order chi connectivity index (χ0) is 24.0. The number of carbonyl (C=O) groups is 2. The van der Waals surface area contributed by atoms with Crippen molar-refractivity contribution < 1.29 is 22.7 Å². The lowest BCUT2D eigenvalue weighted by molar-refractivity contribution is -0.123. The Morgan fingerprint density at radius 2 is 1.82 bits per heavy atom. The smallest absolute Gasteiger partial charge is 0.409 e. The molecule has 1 aromatic rings. The Balaban J connectivity index is 1.18. The molecule has 3 saturated heterocycles. The average molecular weight is 511 g/mol. The summed E-state index contributed by atoms with van der Waals surface area (Å²) in [5.41, 5.74) is 6.29. The summed E-state index contributed by atoms with van der Waals surface area (Å²) in [6.45, 7) is 1.99. The van der Waals surface area contributed by atoms with Crippen molar-refractivity contribution in [1.29, 1.82) is 0 Å². The van der Waals surface area contributed by atoms with Gasteiger partial charge < -0.3 is 15.4 Å². The van der Waals surface area contributed by atoms with Gasteiger partial charge in [-0.3, -0.25) is 9.69 Å². The van der Waals surface area contributed by atoms with E-state index in [-0.39, 0.29) is 30.6 Å². The van der Waals surface area contributed by atoms with E-state index in [1.165, 1.54) is 4.31 Å². The van der Waals surface area contributed by atoms with Crippen molar-refractivity contribution in [3.05, 3.63) is 28.8 Å². The molecule has 11 heteroatoms. The maximum atomic E-state index is 13.2. The highest BCUT2D eigenvalue weighted by atomic mass is 35.5. The number of primary amides is 1. The number of ether oxygens (including phenoxy) is 1. The van der Waals surface area contributed by atoms with Crippen LogP contribution in [0.25, 0.3) is 0 Å². The summed E-state index contributed by atoms with van der Waals surface area (Å²) < 4.78 is 33.6. The van der Waals surface area contributed by atoms with Gasteiger partial charge in [0.15, 0.2) is 0 Å². The molecular weight excluding hydrogens is 480 g/mol. The number of hydrogen-bond donors (Lipinski definition) is 1. The zero-order valence-corrected chi connectivity index (χ0v) is 20.6. The Labute approximate surface area is 205 Å². The first-order chi connectivity index (χ1) is 16.3. The van der Waals surface area contributed by atoms with Crippen molar-refractivity contribution in [2.45, 2.75) is 74.0 Å². The molecule has 0 radical (unpaired) electrons. The van der Waals surface area contributed by atoms with E-state index in [0.29, 0.717) is 29.4 Å². The number of hydrogen-bond acceptors (Lipinski definition) is 6. The van der Waals surface area contributed by atoms with Crippen molar-refractivity contribution in [2.24, 2.45) is 5.73 Å². The molecular formula is C23H31ClN4O5S. The van der Waals surface area contributed by atoms with Crippen molar-refractivity contribution in [2.75, 3.05) is 26.2 Å². The Morgan fingerprint density at radius 1 is 1.06 bits per heavy atom. The molecule has 34 heavy (non-hydrogen) atoms. The van der Waals surface area contributed by atoms with Gasteiger partial charge in [-0.25, -0.2) is 13.2 Å². The SMILES string of the molecule is NC(=O)[C@@H]1CCCN1C1CCN(C(=O)OC[C@H]2CCC[C@H]3c4cc(Cl)ccc4S(=O)(=O)N23)CC1. The molecule has 0 saturated carbocycles. The quantitative estimate of drug-likeness (QED) is 0.665. The van der Waals surface area contributed by atoms with Crippen LogP contribution < -0.4 is 5.73 Å². The first-order valence-corrected chi connectivity index (χ1v) is 13.9. The molecule has 0 spiro atoms. The third kappa shape index (κ3) is 4.19. The number of halogens is 1. The molecule has 2 N–H and O–H groups in total. The number of sulfonamides is 1. The second kappa shape index (κ2) is 9.29. The number of piperidine rings is 2. The predicted octanol–water partition coefficient (Wildman–Crippen LogP) is 2.49. The van der Waals surface area contributed by atoms with Crippen LogP contribution in [0.4, 0.5) is 4.79 Å². The fourth-order valence-electron chi connectivity index (χ4n) is 6.17. The van der Waals surface area contributed by atoms with Crippen LogP contribution in [-0.4, -0.2) is 78.9 Å². The Morgan fingerprint density at radius 3 is 2.56 bits per heavy atom. The monoisotopic (exact) mass is 510 g/mol. The van der Waals surface area contributed by atoms with Crippen LogP contribution >= 0.6 is 11.6 Å². The third-order valence-electron chi connectivity index (χ3n) is 7.78. The number of nitrogens with two attached hydrogens (primary N) is 1. The molecule has 0 aliphatic carbocycles. The fraction of sp³-hybridized carbons (Fsp3) is 0.652. The first kappa shape index (κ1) is 23.8. The molecule has 9 nitrogen and oxygen atoms in total. The van der Waals surface area contributed by atoms with Crippen LogP contribution in [0, 0.1) is 0 Å². The molecule has 0 unspecified atom stereocenters. The van der Waals surface area contributed by atoms with E-state index in [1.807, 2.05) is 0 Å². The lowest BCUT2D eigenvalue weighted by Crippen LogP contribution is -2.51. The van der Waals surface area contributed by atoms with Gasteiger partial charge in [0, 0.05) is 24.2 Å². The minimum Gasteiger partial charge on any atom is -0.448 e. The number of nitrogens with zero attached hydrogens (tertiary/aromatic N) is 3. The van der Waals surface area contributed by atoms with E-state index >= 15 is 0 Å². The van der Waals surface area contributed by atoms with Gasteiger partial charge in [-0.2, -0.15) is 4.31 Å². The molecule has 4 heterocycles. The molecule has 4 aliphatic rings. The van der Waals surface area contributed by atoms with E-state index in [0.717, 1.165) is 50.6 Å². The molecule has 3 atom stereocenters. The standard InChI is InChI=1S/C23H31ClN4O5S/c24-15-6-7-21-18(13-15)19-4-1-3-17(28(19)34(21,31)32)14-33-23(30)26-11-8-16(9-12-26)27-10-2-5-20(27)22(25)29/h6-7,13,16-17,19-20H,1-5,8-12,14H2,(H2,25,29)/t17-,19+,20+/m1/s1. The van der Waals surface area contributed by atoms with E-state index in [4.69, 9.17) is 22.1 Å². The molecule has 3 fully saturated rings. The van der Waals surface area contributed by atoms with Gasteiger partial charge in [0.25, 0.3) is 0 Å². The summed E-state index contributed by atoms with van der Waals surface area (Å²) in [5, 5.41) is 0.517. The second-order valence-corrected chi connectivity index (χ2v) is 12.0. The van der Waals surface area contributed by atoms with Gasteiger partial charge in [0.1, 0.15) is 6.61 Å². The highest BCUT2D eigenvalue weighted by Crippen LogP contribution is 2.47. The molecule has 4 aliphatic heterocycles. The molecule has 5 rings (SSSR count). The first-order valence-electron chi connectivity index (χ1n) is 12.1. The minimum atomic E-state index is -3.65. The van der Waals surface area contributed by atoms with Crippen LogP contribution in [0.15, 0.2) is 23.1 Å². The number of benzene rings is 1. The maximum absolute atomic E-state index is 13.2. The largest absolute Gasteiger partial charge is 0.448 e. The third-order valence-corrected chi connectivity index (χ3v) is 10.1. The topological polar surface area (TPSA) is 113 Å². The van der Waals surface area contributed by atoms with Crippen molar-refractivity contribution >= 4 is 33.6 Å². The van der Waals surface area contributed by atoms with Crippen molar-refractivity contribution in [1.82, 2.24) is 14.1 Å². The summed E-state index contributed by atoms with van der Waals surface area (Å²) in [5.74, 6) is -0.272. The summed E-state index contributed by atoms with van der Waals surface area (Å²) in [7, 11) is -3.65. The normalized spacial score (nSPS) is 29.6. The van der Waals surface area contributed by atoms with E-state index < -0.39 is 22.2 Å². The van der Waals surface area contributed by atoms with E-state index in [2.05, 4.69) is 4.90 Å². The van der Waals surface area contributed by atoms with Gasteiger partial charge in [-0.05, 0) is 75.3 Å². The molecule has 2 amide bonds. The van der Waals surface area contributed by atoms with Crippen LogP contribution in [0.2, 0.25) is 5.02 Å². The van der Waals surface area contributed by atoms with Crippen LogP contribution in [0.5, 0.6) is 0 Å². The van der Waals surface area contributed by atoms with Gasteiger partial charge in [-0.15, -0.1) is 0 Å². The van der Waals surface area contributed by atoms with Crippen molar-refractivity contribution in [3.63, 3.8) is 0 Å². The number of rotatable bonds is 4. The number of likely N-dealkylation sites (tertiary alicyclic amines) is 2. The lowest BCUT2D eigenvalue weighted by atomic mass is 9.94. The highest BCUT2D eigenvalue weighted by Gasteiger charge is 2.48. The second-order valence-electron chi connectivity index (χ2n) is 9.71. The van der Waals surface area contributed by atoms with Gasteiger partial charge in [0.2, 0.25) is 15.9 Å².